The lowest BCUT2D eigenvalue weighted by Crippen LogP contribution is -1.95. The van der Waals surface area contributed by atoms with Crippen LogP contribution in [0.25, 0.3) is 6.08 Å². The van der Waals surface area contributed by atoms with Crippen molar-refractivity contribution in [2.75, 3.05) is 0 Å². The zero-order valence-corrected chi connectivity index (χ0v) is 10.3. The maximum atomic E-state index is 3.82. The highest BCUT2D eigenvalue weighted by Gasteiger charge is 2.03. The normalized spacial score (nSPS) is 10.3. The van der Waals surface area contributed by atoms with Crippen molar-refractivity contribution in [3.05, 3.63) is 41.0 Å². The second-order valence-corrected chi connectivity index (χ2v) is 4.29. The van der Waals surface area contributed by atoms with E-state index in [4.69, 9.17) is 0 Å². The summed E-state index contributed by atoms with van der Waals surface area (Å²) in [4.78, 5) is 0. The Hall–Kier alpha value is -1.04. The number of aryl methyl sites for hydroxylation is 2. The maximum absolute atomic E-state index is 3.82. The smallest absolute Gasteiger partial charge is 0.0257 e. The van der Waals surface area contributed by atoms with Crippen LogP contribution in [0, 0.1) is 13.8 Å². The van der Waals surface area contributed by atoms with Gasteiger partial charge in [0, 0.05) is 0 Å². The van der Waals surface area contributed by atoms with Crippen LogP contribution in [0.15, 0.2) is 18.7 Å². The number of hydrogen-bond donors (Lipinski definition) is 0. The third-order valence-electron chi connectivity index (χ3n) is 2.98. The molecule has 0 heterocycles. The average molecular weight is 202 g/mol. The van der Waals surface area contributed by atoms with Gasteiger partial charge in [0.05, 0.1) is 0 Å². The summed E-state index contributed by atoms with van der Waals surface area (Å²) in [7, 11) is 0. The Balaban J connectivity index is 2.83. The fraction of sp³-hybridized carbons (Fsp3) is 0.467. The van der Waals surface area contributed by atoms with Gasteiger partial charge in [-0.15, -0.1) is 0 Å². The van der Waals surface area contributed by atoms with E-state index in [1.165, 1.54) is 47.9 Å². The van der Waals surface area contributed by atoms with Gasteiger partial charge in [-0.25, -0.2) is 0 Å². The van der Waals surface area contributed by atoms with Gasteiger partial charge in [-0.1, -0.05) is 44.6 Å². The fourth-order valence-electron chi connectivity index (χ4n) is 2.09. The lowest BCUT2D eigenvalue weighted by Gasteiger charge is -2.11. The summed E-state index contributed by atoms with van der Waals surface area (Å²) >= 11 is 0. The third-order valence-corrected chi connectivity index (χ3v) is 2.98. The minimum absolute atomic E-state index is 1.23. The first kappa shape index (κ1) is 12.0. The summed E-state index contributed by atoms with van der Waals surface area (Å²) in [5, 5.41) is 0. The largest absolute Gasteiger partial charge is 0.0985 e. The molecule has 0 aliphatic rings. The van der Waals surface area contributed by atoms with Crippen molar-refractivity contribution in [2.24, 2.45) is 0 Å². The molecular formula is C15H22. The van der Waals surface area contributed by atoms with Gasteiger partial charge in [0.15, 0.2) is 0 Å². The Bertz CT molecular complexity index is 311. The van der Waals surface area contributed by atoms with E-state index in [2.05, 4.69) is 39.5 Å². The van der Waals surface area contributed by atoms with E-state index in [-0.39, 0.29) is 0 Å². The Kier molecular flexibility index (Phi) is 4.61. The molecule has 15 heavy (non-hydrogen) atoms. The molecule has 0 nitrogen and oxygen atoms in total. The monoisotopic (exact) mass is 202 g/mol. The van der Waals surface area contributed by atoms with Crippen LogP contribution >= 0.6 is 0 Å². The number of benzene rings is 1. The highest BCUT2D eigenvalue weighted by molar-refractivity contribution is 5.52. The minimum Gasteiger partial charge on any atom is -0.0985 e. The minimum atomic E-state index is 1.23. The van der Waals surface area contributed by atoms with Crippen molar-refractivity contribution in [3.63, 3.8) is 0 Å². The van der Waals surface area contributed by atoms with E-state index in [0.29, 0.717) is 0 Å². The molecule has 0 fully saturated rings. The number of hydrogen-bond acceptors (Lipinski definition) is 0. The molecule has 1 aromatic rings. The first-order chi connectivity index (χ1) is 7.19. The van der Waals surface area contributed by atoms with E-state index in [1.54, 1.807) is 0 Å². The van der Waals surface area contributed by atoms with Gasteiger partial charge < -0.3 is 0 Å². The molecule has 0 saturated carbocycles. The summed E-state index contributed by atoms with van der Waals surface area (Å²) in [6.07, 6.45) is 7.09. The van der Waals surface area contributed by atoms with Gasteiger partial charge in [0.25, 0.3) is 0 Å². The Labute approximate surface area is 94.0 Å². The van der Waals surface area contributed by atoms with Crippen molar-refractivity contribution < 1.29 is 0 Å². The predicted octanol–water partition coefficient (Wildman–Crippen LogP) is 4.68. The summed E-state index contributed by atoms with van der Waals surface area (Å²) in [6, 6.07) is 4.47. The SMILES string of the molecule is C=Cc1cc(C)c(CCCCC)c(C)c1. The van der Waals surface area contributed by atoms with Crippen LogP contribution in [0.4, 0.5) is 0 Å². The second-order valence-electron chi connectivity index (χ2n) is 4.29. The van der Waals surface area contributed by atoms with Gasteiger partial charge in [-0.05, 0) is 48.9 Å². The topological polar surface area (TPSA) is 0 Å². The second kappa shape index (κ2) is 5.75. The predicted molar refractivity (Wildman–Crippen MR) is 69.2 cm³/mol. The standard InChI is InChI=1S/C15H22/c1-5-7-8-9-15-12(3)10-14(6-2)11-13(15)4/h6,10-11H,2,5,7-9H2,1,3-4H3. The maximum Gasteiger partial charge on any atom is -0.0257 e. The fourth-order valence-corrected chi connectivity index (χ4v) is 2.09. The summed E-state index contributed by atoms with van der Waals surface area (Å²) in [5.74, 6) is 0. The van der Waals surface area contributed by atoms with Gasteiger partial charge in [0.2, 0.25) is 0 Å². The van der Waals surface area contributed by atoms with Crippen molar-refractivity contribution in [2.45, 2.75) is 46.5 Å². The molecule has 0 aliphatic heterocycles. The Morgan fingerprint density at radius 3 is 2.20 bits per heavy atom. The molecule has 1 aromatic carbocycles. The lowest BCUT2D eigenvalue weighted by molar-refractivity contribution is 0.713. The van der Waals surface area contributed by atoms with Gasteiger partial charge in [-0.2, -0.15) is 0 Å². The number of unbranched alkanes of at least 4 members (excludes halogenated alkanes) is 2. The van der Waals surface area contributed by atoms with Crippen LogP contribution in [-0.2, 0) is 6.42 Å². The molecule has 82 valence electrons. The van der Waals surface area contributed by atoms with Crippen LogP contribution in [0.2, 0.25) is 0 Å². The number of rotatable bonds is 5. The summed E-state index contributed by atoms with van der Waals surface area (Å²) in [6.45, 7) is 10.5. The molecule has 0 unspecified atom stereocenters. The quantitative estimate of drug-likeness (QED) is 0.608. The van der Waals surface area contributed by atoms with Crippen molar-refractivity contribution in [1.29, 1.82) is 0 Å². The molecule has 0 bridgehead atoms. The van der Waals surface area contributed by atoms with Crippen molar-refractivity contribution in [3.8, 4) is 0 Å². The van der Waals surface area contributed by atoms with Crippen LogP contribution in [0.5, 0.6) is 0 Å². The van der Waals surface area contributed by atoms with Crippen molar-refractivity contribution in [1.82, 2.24) is 0 Å². The molecule has 0 aliphatic carbocycles. The zero-order chi connectivity index (χ0) is 11.3. The van der Waals surface area contributed by atoms with Gasteiger partial charge in [0.1, 0.15) is 0 Å². The highest BCUT2D eigenvalue weighted by Crippen LogP contribution is 2.19. The zero-order valence-electron chi connectivity index (χ0n) is 10.3. The summed E-state index contributed by atoms with van der Waals surface area (Å²) in [5.41, 5.74) is 5.61. The lowest BCUT2D eigenvalue weighted by atomic mass is 9.95. The van der Waals surface area contributed by atoms with Crippen LogP contribution in [0.1, 0.15) is 48.4 Å². The molecule has 0 heteroatoms. The van der Waals surface area contributed by atoms with E-state index in [1.807, 2.05) is 6.08 Å². The molecule has 0 spiro atoms. The Morgan fingerprint density at radius 1 is 1.13 bits per heavy atom. The molecule has 0 radical (unpaired) electrons. The molecule has 0 saturated heterocycles. The Morgan fingerprint density at radius 2 is 1.73 bits per heavy atom. The summed E-state index contributed by atoms with van der Waals surface area (Å²) < 4.78 is 0. The van der Waals surface area contributed by atoms with Crippen LogP contribution < -0.4 is 0 Å². The molecule has 1 rings (SSSR count). The van der Waals surface area contributed by atoms with E-state index in [9.17, 15) is 0 Å². The molecule has 0 amide bonds. The molecular weight excluding hydrogens is 180 g/mol. The highest BCUT2D eigenvalue weighted by atomic mass is 14.1. The van der Waals surface area contributed by atoms with E-state index >= 15 is 0 Å². The third kappa shape index (κ3) is 3.23. The van der Waals surface area contributed by atoms with Crippen LogP contribution in [0.3, 0.4) is 0 Å². The van der Waals surface area contributed by atoms with Crippen LogP contribution in [-0.4, -0.2) is 0 Å². The first-order valence-corrected chi connectivity index (χ1v) is 5.91. The van der Waals surface area contributed by atoms with E-state index in [0.717, 1.165) is 0 Å². The molecule has 0 N–H and O–H groups in total. The molecule has 0 atom stereocenters. The average Bonchev–Trinajstić information content (AvgIpc) is 2.22. The van der Waals surface area contributed by atoms with Crippen molar-refractivity contribution >= 4 is 6.08 Å². The molecule has 0 aromatic heterocycles. The van der Waals surface area contributed by atoms with Gasteiger partial charge >= 0.3 is 0 Å². The van der Waals surface area contributed by atoms with Gasteiger partial charge in [-0.3, -0.25) is 0 Å². The first-order valence-electron chi connectivity index (χ1n) is 5.91. The van der Waals surface area contributed by atoms with E-state index < -0.39 is 0 Å².